The Kier molecular flexibility index (Phi) is 1.21. The lowest BCUT2D eigenvalue weighted by molar-refractivity contribution is 0.966. The maximum absolute atomic E-state index is 3.88. The van der Waals surface area contributed by atoms with Crippen LogP contribution in [0.25, 0.3) is 5.82 Å². The van der Waals surface area contributed by atoms with Crippen molar-refractivity contribution in [3.05, 3.63) is 24.1 Å². The van der Waals surface area contributed by atoms with Crippen molar-refractivity contribution in [1.29, 1.82) is 0 Å². The first-order valence-corrected chi connectivity index (χ1v) is 3.56. The summed E-state index contributed by atoms with van der Waals surface area (Å²) in [6.45, 7) is 0. The van der Waals surface area contributed by atoms with Gasteiger partial charge in [0, 0.05) is 12.4 Å². The summed E-state index contributed by atoms with van der Waals surface area (Å²) in [4.78, 5) is 3.88. The van der Waals surface area contributed by atoms with Crippen LogP contribution < -0.4 is 0 Å². The van der Waals surface area contributed by atoms with Crippen LogP contribution in [-0.2, 0) is 0 Å². The molecule has 0 aliphatic rings. The molecule has 0 saturated heterocycles. The van der Waals surface area contributed by atoms with E-state index < -0.39 is 0 Å². The molecule has 0 unspecified atom stereocenters. The molecule has 2 aromatic rings. The van der Waals surface area contributed by atoms with E-state index in [4.69, 9.17) is 0 Å². The van der Waals surface area contributed by atoms with E-state index in [9.17, 15) is 0 Å². The van der Waals surface area contributed by atoms with Gasteiger partial charge < -0.3 is 0 Å². The largest absolute Gasteiger partial charge is 0.288 e. The van der Waals surface area contributed by atoms with E-state index in [1.807, 2.05) is 16.1 Å². The molecule has 2 aromatic heterocycles. The molecule has 0 aliphatic heterocycles. The average molecular weight is 152 g/mol. The molecule has 4 nitrogen and oxygen atoms in total. The highest BCUT2D eigenvalue weighted by Crippen LogP contribution is 2.02. The molecule has 0 radical (unpaired) electrons. The Balaban J connectivity index is 2.48. The third kappa shape index (κ3) is 0.801. The molecule has 0 aromatic carbocycles. The van der Waals surface area contributed by atoms with Gasteiger partial charge in [-0.1, -0.05) is 4.49 Å². The van der Waals surface area contributed by atoms with Crippen molar-refractivity contribution < 1.29 is 0 Å². The maximum Gasteiger partial charge on any atom is 0.173 e. The smallest absolute Gasteiger partial charge is 0.173 e. The fourth-order valence-electron chi connectivity index (χ4n) is 0.667. The van der Waals surface area contributed by atoms with Gasteiger partial charge >= 0.3 is 0 Å². The van der Waals surface area contributed by atoms with Gasteiger partial charge in [-0.3, -0.25) is 4.57 Å². The van der Waals surface area contributed by atoms with E-state index >= 15 is 0 Å². The quantitative estimate of drug-likeness (QED) is 0.604. The van der Waals surface area contributed by atoms with E-state index in [0.29, 0.717) is 0 Å². The minimum atomic E-state index is 0.822. The van der Waals surface area contributed by atoms with Crippen molar-refractivity contribution in [3.8, 4) is 5.82 Å². The molecule has 0 saturated carbocycles. The van der Waals surface area contributed by atoms with Crippen LogP contribution in [0, 0.1) is 0 Å². The minimum Gasteiger partial charge on any atom is -0.288 e. The monoisotopic (exact) mass is 152 g/mol. The summed E-state index contributed by atoms with van der Waals surface area (Å²) in [7, 11) is 0. The van der Waals surface area contributed by atoms with Crippen LogP contribution in [0.3, 0.4) is 0 Å². The van der Waals surface area contributed by atoms with Crippen LogP contribution in [0.2, 0.25) is 0 Å². The van der Waals surface area contributed by atoms with Gasteiger partial charge in [-0.05, 0) is 11.5 Å². The third-order valence-corrected chi connectivity index (χ3v) is 1.61. The lowest BCUT2D eigenvalue weighted by Crippen LogP contribution is -1.88. The number of hydrogen-bond donors (Lipinski definition) is 0. The van der Waals surface area contributed by atoms with Crippen molar-refractivity contribution in [2.24, 2.45) is 0 Å². The Morgan fingerprint density at radius 2 is 2.50 bits per heavy atom. The fraction of sp³-hybridized carbons (Fsp3) is 0. The van der Waals surface area contributed by atoms with Crippen LogP contribution in [0.5, 0.6) is 0 Å². The van der Waals surface area contributed by atoms with Crippen molar-refractivity contribution in [2.45, 2.75) is 0 Å². The Hall–Kier alpha value is -1.23. The molecule has 0 amide bonds. The van der Waals surface area contributed by atoms with E-state index in [1.54, 1.807) is 12.5 Å². The Bertz CT molecular complexity index is 253. The molecular formula is C5H4N4S. The zero-order valence-corrected chi connectivity index (χ0v) is 5.82. The van der Waals surface area contributed by atoms with Gasteiger partial charge in [0.25, 0.3) is 0 Å². The standard InChI is InChI=1S/C5H4N4S/c1-2-9(4-6-1)5-3-10-8-7-5/h1-4H. The summed E-state index contributed by atoms with van der Waals surface area (Å²) in [5.41, 5.74) is 0. The van der Waals surface area contributed by atoms with Gasteiger partial charge in [-0.2, -0.15) is 0 Å². The molecule has 10 heavy (non-hydrogen) atoms. The van der Waals surface area contributed by atoms with Gasteiger partial charge in [-0.25, -0.2) is 4.98 Å². The Labute approximate surface area is 61.3 Å². The molecule has 0 aliphatic carbocycles. The first-order chi connectivity index (χ1) is 4.97. The average Bonchev–Trinajstić information content (AvgIpc) is 2.59. The molecule has 0 fully saturated rings. The maximum atomic E-state index is 3.88. The van der Waals surface area contributed by atoms with Crippen LogP contribution in [0.4, 0.5) is 0 Å². The highest BCUT2D eigenvalue weighted by atomic mass is 32.1. The van der Waals surface area contributed by atoms with Gasteiger partial charge in [-0.15, -0.1) is 5.10 Å². The summed E-state index contributed by atoms with van der Waals surface area (Å²) in [5.74, 6) is 0.822. The second kappa shape index (κ2) is 2.18. The van der Waals surface area contributed by atoms with Crippen LogP contribution >= 0.6 is 11.5 Å². The number of nitrogens with zero attached hydrogens (tertiary/aromatic N) is 4. The van der Waals surface area contributed by atoms with Gasteiger partial charge in [0.2, 0.25) is 0 Å². The van der Waals surface area contributed by atoms with Crippen molar-refractivity contribution >= 4 is 11.5 Å². The molecule has 50 valence electrons. The Morgan fingerprint density at radius 3 is 3.10 bits per heavy atom. The van der Waals surface area contributed by atoms with Gasteiger partial charge in [0.15, 0.2) is 5.82 Å². The molecular weight excluding hydrogens is 148 g/mol. The lowest BCUT2D eigenvalue weighted by Gasteiger charge is -1.89. The zero-order valence-electron chi connectivity index (χ0n) is 5.01. The molecule has 5 heteroatoms. The SMILES string of the molecule is c1cn(-c2csnn2)cn1. The lowest BCUT2D eigenvalue weighted by atomic mass is 10.7. The topological polar surface area (TPSA) is 43.6 Å². The first kappa shape index (κ1) is 5.55. The van der Waals surface area contributed by atoms with Gasteiger partial charge in [0.05, 0.1) is 5.38 Å². The highest BCUT2D eigenvalue weighted by molar-refractivity contribution is 7.03. The summed E-state index contributed by atoms with van der Waals surface area (Å²) in [6.07, 6.45) is 5.23. The van der Waals surface area contributed by atoms with E-state index in [1.165, 1.54) is 11.5 Å². The summed E-state index contributed by atoms with van der Waals surface area (Å²) in [5, 5.41) is 5.71. The number of aromatic nitrogens is 4. The predicted molar refractivity (Wildman–Crippen MR) is 37.0 cm³/mol. The van der Waals surface area contributed by atoms with Gasteiger partial charge in [0.1, 0.15) is 6.33 Å². The van der Waals surface area contributed by atoms with Crippen molar-refractivity contribution in [3.63, 3.8) is 0 Å². The minimum absolute atomic E-state index is 0.822. The third-order valence-electron chi connectivity index (χ3n) is 1.12. The molecule has 2 heterocycles. The van der Waals surface area contributed by atoms with E-state index in [2.05, 4.69) is 14.6 Å². The predicted octanol–water partition coefficient (Wildman–Crippen LogP) is 0.724. The summed E-state index contributed by atoms with van der Waals surface area (Å²) >= 11 is 1.33. The number of hydrogen-bond acceptors (Lipinski definition) is 4. The molecule has 0 atom stereocenters. The molecule has 0 bridgehead atoms. The van der Waals surface area contributed by atoms with Crippen molar-refractivity contribution in [2.75, 3.05) is 0 Å². The molecule has 2 rings (SSSR count). The number of imidazole rings is 1. The normalized spacial score (nSPS) is 10.0. The molecule has 0 spiro atoms. The number of rotatable bonds is 1. The van der Waals surface area contributed by atoms with Crippen molar-refractivity contribution in [1.82, 2.24) is 19.1 Å². The van der Waals surface area contributed by atoms with E-state index in [0.717, 1.165) is 5.82 Å². The fourth-order valence-corrected chi connectivity index (χ4v) is 1.11. The van der Waals surface area contributed by atoms with Crippen LogP contribution in [0.1, 0.15) is 0 Å². The molecule has 0 N–H and O–H groups in total. The Morgan fingerprint density at radius 1 is 1.50 bits per heavy atom. The van der Waals surface area contributed by atoms with Crippen LogP contribution in [-0.4, -0.2) is 19.1 Å². The summed E-state index contributed by atoms with van der Waals surface area (Å²) < 4.78 is 5.53. The second-order valence-corrected chi connectivity index (χ2v) is 2.34. The summed E-state index contributed by atoms with van der Waals surface area (Å²) in [6, 6.07) is 0. The van der Waals surface area contributed by atoms with Crippen LogP contribution in [0.15, 0.2) is 24.1 Å². The second-order valence-electron chi connectivity index (χ2n) is 1.73. The first-order valence-electron chi connectivity index (χ1n) is 2.72. The highest BCUT2D eigenvalue weighted by Gasteiger charge is 1.95. The van der Waals surface area contributed by atoms with E-state index in [-0.39, 0.29) is 0 Å². The zero-order chi connectivity index (χ0) is 6.81.